The lowest BCUT2D eigenvalue weighted by Gasteiger charge is -2.05. The molecule has 0 N–H and O–H groups in total. The summed E-state index contributed by atoms with van der Waals surface area (Å²) in [5.41, 5.74) is 0. The molecule has 1 aliphatic rings. The zero-order chi connectivity index (χ0) is 12.4. The summed E-state index contributed by atoms with van der Waals surface area (Å²) in [4.78, 5) is 8.32. The molecule has 0 atom stereocenters. The molecule has 1 aliphatic heterocycles. The third-order valence-electron chi connectivity index (χ3n) is 2.36. The summed E-state index contributed by atoms with van der Waals surface area (Å²) in [5.74, 6) is 2.58. The van der Waals surface area contributed by atoms with E-state index >= 15 is 0 Å². The van der Waals surface area contributed by atoms with Crippen LogP contribution < -0.4 is 14.2 Å². The maximum Gasteiger partial charge on any atom is 0.231 e. The molecule has 1 aromatic heterocycles. The van der Waals surface area contributed by atoms with Crippen LogP contribution in [-0.4, -0.2) is 23.0 Å². The fourth-order valence-electron chi connectivity index (χ4n) is 1.54. The molecule has 0 radical (unpaired) electrons. The second kappa shape index (κ2) is 4.73. The highest BCUT2D eigenvalue weighted by atomic mass is 32.2. The van der Waals surface area contributed by atoms with Crippen molar-refractivity contribution in [3.05, 3.63) is 30.5 Å². The Hall–Kier alpha value is -1.95. The monoisotopic (exact) mass is 262 g/mol. The molecule has 0 bridgehead atoms. The molecule has 0 aliphatic carbocycles. The molecule has 6 heteroatoms. The summed E-state index contributed by atoms with van der Waals surface area (Å²) < 4.78 is 16.2. The summed E-state index contributed by atoms with van der Waals surface area (Å²) in [6.45, 7) is 0.253. The SMILES string of the molecule is CSc1nccc(Oc2ccc3c(c2)OCO3)n1. The smallest absolute Gasteiger partial charge is 0.231 e. The Morgan fingerprint density at radius 3 is 3.00 bits per heavy atom. The molecule has 18 heavy (non-hydrogen) atoms. The van der Waals surface area contributed by atoms with Crippen molar-refractivity contribution in [1.29, 1.82) is 0 Å². The first-order valence-electron chi connectivity index (χ1n) is 5.30. The van der Waals surface area contributed by atoms with Crippen molar-refractivity contribution in [2.45, 2.75) is 5.16 Å². The first-order valence-corrected chi connectivity index (χ1v) is 6.52. The van der Waals surface area contributed by atoms with E-state index in [0.29, 0.717) is 22.5 Å². The first-order chi connectivity index (χ1) is 8.85. The van der Waals surface area contributed by atoms with Crippen molar-refractivity contribution in [2.24, 2.45) is 0 Å². The van der Waals surface area contributed by atoms with Gasteiger partial charge in [-0.25, -0.2) is 4.98 Å². The summed E-state index contributed by atoms with van der Waals surface area (Å²) in [6.07, 6.45) is 3.58. The van der Waals surface area contributed by atoms with Gasteiger partial charge in [0.1, 0.15) is 5.75 Å². The molecule has 0 fully saturated rings. The topological polar surface area (TPSA) is 53.5 Å². The van der Waals surface area contributed by atoms with Gasteiger partial charge in [-0.3, -0.25) is 0 Å². The van der Waals surface area contributed by atoms with E-state index in [9.17, 15) is 0 Å². The number of thioether (sulfide) groups is 1. The second-order valence-electron chi connectivity index (χ2n) is 3.50. The summed E-state index contributed by atoms with van der Waals surface area (Å²) in [7, 11) is 0. The number of aromatic nitrogens is 2. The molecule has 1 aromatic carbocycles. The van der Waals surface area contributed by atoms with Crippen LogP contribution in [0.25, 0.3) is 0 Å². The molecule has 0 spiro atoms. The average molecular weight is 262 g/mol. The van der Waals surface area contributed by atoms with Gasteiger partial charge in [0.25, 0.3) is 0 Å². The van der Waals surface area contributed by atoms with E-state index in [1.165, 1.54) is 11.8 Å². The standard InChI is InChI=1S/C12H10N2O3S/c1-18-12-13-5-4-11(14-12)17-8-2-3-9-10(6-8)16-7-15-9/h2-6H,7H2,1H3. The van der Waals surface area contributed by atoms with Crippen molar-refractivity contribution in [2.75, 3.05) is 13.0 Å². The number of ether oxygens (including phenoxy) is 3. The lowest BCUT2D eigenvalue weighted by atomic mass is 10.3. The maximum absolute atomic E-state index is 5.65. The van der Waals surface area contributed by atoms with Crippen molar-refractivity contribution in [3.8, 4) is 23.1 Å². The Kier molecular flexibility index (Phi) is 2.93. The predicted molar refractivity (Wildman–Crippen MR) is 66.5 cm³/mol. The molecule has 2 heterocycles. The fraction of sp³-hybridized carbons (Fsp3) is 0.167. The Labute approximate surface area is 108 Å². The van der Waals surface area contributed by atoms with Crippen LogP contribution in [-0.2, 0) is 0 Å². The second-order valence-corrected chi connectivity index (χ2v) is 4.27. The Morgan fingerprint density at radius 2 is 2.11 bits per heavy atom. The van der Waals surface area contributed by atoms with Crippen LogP contribution >= 0.6 is 11.8 Å². The number of hydrogen-bond donors (Lipinski definition) is 0. The largest absolute Gasteiger partial charge is 0.454 e. The molecule has 0 unspecified atom stereocenters. The number of rotatable bonds is 3. The van der Waals surface area contributed by atoms with Crippen LogP contribution in [0, 0.1) is 0 Å². The van der Waals surface area contributed by atoms with Crippen molar-refractivity contribution in [3.63, 3.8) is 0 Å². The molecule has 0 amide bonds. The third kappa shape index (κ3) is 2.19. The lowest BCUT2D eigenvalue weighted by molar-refractivity contribution is 0.174. The molecule has 3 rings (SSSR count). The molecule has 0 saturated carbocycles. The normalized spacial score (nSPS) is 12.5. The van der Waals surface area contributed by atoms with Crippen LogP contribution in [0.4, 0.5) is 0 Å². The van der Waals surface area contributed by atoms with Gasteiger partial charge in [-0.2, -0.15) is 4.98 Å². The molecule has 5 nitrogen and oxygen atoms in total. The van der Waals surface area contributed by atoms with Gasteiger partial charge in [-0.15, -0.1) is 0 Å². The van der Waals surface area contributed by atoms with Crippen molar-refractivity contribution < 1.29 is 14.2 Å². The van der Waals surface area contributed by atoms with E-state index in [1.54, 1.807) is 18.3 Å². The lowest BCUT2D eigenvalue weighted by Crippen LogP contribution is -1.93. The number of hydrogen-bond acceptors (Lipinski definition) is 6. The van der Waals surface area contributed by atoms with Crippen LogP contribution in [0.5, 0.6) is 23.1 Å². The van der Waals surface area contributed by atoms with Gasteiger partial charge >= 0.3 is 0 Å². The number of nitrogens with zero attached hydrogens (tertiary/aromatic N) is 2. The van der Waals surface area contributed by atoms with E-state index < -0.39 is 0 Å². The van der Waals surface area contributed by atoms with Crippen molar-refractivity contribution >= 4 is 11.8 Å². The predicted octanol–water partition coefficient (Wildman–Crippen LogP) is 2.72. The maximum atomic E-state index is 5.65. The number of fused-ring (bicyclic) bond motifs is 1. The van der Waals surface area contributed by atoms with E-state index in [-0.39, 0.29) is 6.79 Å². The Balaban J connectivity index is 1.83. The fourth-order valence-corrected chi connectivity index (χ4v) is 1.89. The zero-order valence-corrected chi connectivity index (χ0v) is 10.4. The van der Waals surface area contributed by atoms with E-state index in [4.69, 9.17) is 14.2 Å². The minimum Gasteiger partial charge on any atom is -0.454 e. The van der Waals surface area contributed by atoms with Gasteiger partial charge in [0.05, 0.1) is 0 Å². The van der Waals surface area contributed by atoms with Gasteiger partial charge in [0, 0.05) is 18.3 Å². The Morgan fingerprint density at radius 1 is 1.22 bits per heavy atom. The summed E-state index contributed by atoms with van der Waals surface area (Å²) >= 11 is 1.47. The van der Waals surface area contributed by atoms with Gasteiger partial charge in [-0.1, -0.05) is 11.8 Å². The minimum atomic E-state index is 0.253. The summed E-state index contributed by atoms with van der Waals surface area (Å²) in [6, 6.07) is 7.12. The van der Waals surface area contributed by atoms with Crippen LogP contribution in [0.3, 0.4) is 0 Å². The van der Waals surface area contributed by atoms with Crippen molar-refractivity contribution in [1.82, 2.24) is 9.97 Å². The Bertz CT molecular complexity index is 577. The van der Waals surface area contributed by atoms with E-state index in [2.05, 4.69) is 9.97 Å². The number of benzene rings is 1. The minimum absolute atomic E-state index is 0.253. The molecular formula is C12H10N2O3S. The van der Waals surface area contributed by atoms with Crippen LogP contribution in [0.15, 0.2) is 35.6 Å². The highest BCUT2D eigenvalue weighted by Gasteiger charge is 2.14. The zero-order valence-electron chi connectivity index (χ0n) is 9.62. The van der Waals surface area contributed by atoms with Gasteiger partial charge in [-0.05, 0) is 18.4 Å². The van der Waals surface area contributed by atoms with Gasteiger partial charge in [0.2, 0.25) is 12.7 Å². The van der Waals surface area contributed by atoms with Gasteiger partial charge in [0.15, 0.2) is 16.7 Å². The highest BCUT2D eigenvalue weighted by molar-refractivity contribution is 7.98. The first kappa shape index (κ1) is 11.2. The van der Waals surface area contributed by atoms with Crippen LogP contribution in [0.1, 0.15) is 0 Å². The van der Waals surface area contributed by atoms with E-state index in [1.807, 2.05) is 18.4 Å². The third-order valence-corrected chi connectivity index (χ3v) is 2.92. The van der Waals surface area contributed by atoms with Gasteiger partial charge < -0.3 is 14.2 Å². The molecular weight excluding hydrogens is 252 g/mol. The average Bonchev–Trinajstić information content (AvgIpc) is 2.86. The van der Waals surface area contributed by atoms with Crippen LogP contribution in [0.2, 0.25) is 0 Å². The molecule has 92 valence electrons. The highest BCUT2D eigenvalue weighted by Crippen LogP contribution is 2.36. The van der Waals surface area contributed by atoms with E-state index in [0.717, 1.165) is 5.75 Å². The quantitative estimate of drug-likeness (QED) is 0.626. The molecule has 0 saturated heterocycles. The summed E-state index contributed by atoms with van der Waals surface area (Å²) in [5, 5.41) is 0.674. The molecule has 2 aromatic rings.